The molecule has 2 aromatic rings. The molecule has 0 fully saturated rings. The van der Waals surface area contributed by atoms with Crippen LogP contribution >= 0.6 is 0 Å². The number of hydrogen-bond donors (Lipinski definition) is 3. The van der Waals surface area contributed by atoms with Gasteiger partial charge in [-0.3, -0.25) is 0 Å². The fraction of sp³-hybridized carbons (Fsp3) is 0.188. The van der Waals surface area contributed by atoms with Crippen LogP contribution in [0.5, 0.6) is 5.75 Å². The number of aromatic hydroxyl groups is 1. The second-order valence-corrected chi connectivity index (χ2v) is 4.90. The molecule has 5 heteroatoms. The van der Waals surface area contributed by atoms with E-state index < -0.39 is 11.8 Å². The van der Waals surface area contributed by atoms with Crippen LogP contribution in [0.1, 0.15) is 34.5 Å². The van der Waals surface area contributed by atoms with E-state index in [4.69, 9.17) is 5.11 Å². The van der Waals surface area contributed by atoms with E-state index in [1.807, 2.05) is 6.92 Å². The highest BCUT2D eigenvalue weighted by Gasteiger charge is 2.13. The van der Waals surface area contributed by atoms with Crippen molar-refractivity contribution in [1.82, 2.24) is 0 Å². The smallest absolute Gasteiger partial charge is 0.335 e. The summed E-state index contributed by atoms with van der Waals surface area (Å²) in [6.45, 7) is 3.66. The third-order valence-electron chi connectivity index (χ3n) is 3.32. The number of aromatic carboxylic acids is 1. The first-order chi connectivity index (χ1) is 9.88. The van der Waals surface area contributed by atoms with Crippen molar-refractivity contribution in [3.8, 4) is 5.75 Å². The monoisotopic (exact) mass is 289 g/mol. The molecule has 0 heterocycles. The van der Waals surface area contributed by atoms with Crippen LogP contribution in [0.25, 0.3) is 0 Å². The number of carboxylic acids is 1. The van der Waals surface area contributed by atoms with Crippen LogP contribution in [0, 0.1) is 12.7 Å². The van der Waals surface area contributed by atoms with Gasteiger partial charge in [0.25, 0.3) is 0 Å². The molecule has 3 N–H and O–H groups in total. The first-order valence-electron chi connectivity index (χ1n) is 6.47. The Hall–Kier alpha value is -2.56. The third-order valence-corrected chi connectivity index (χ3v) is 3.32. The topological polar surface area (TPSA) is 69.6 Å². The molecule has 2 rings (SSSR count). The number of phenolic OH excluding ortho intramolecular Hbond substituents is 1. The van der Waals surface area contributed by atoms with Gasteiger partial charge < -0.3 is 15.5 Å². The fourth-order valence-electron chi connectivity index (χ4n) is 2.10. The fourth-order valence-corrected chi connectivity index (χ4v) is 2.10. The quantitative estimate of drug-likeness (QED) is 0.802. The first kappa shape index (κ1) is 14.8. The highest BCUT2D eigenvalue weighted by molar-refractivity contribution is 5.89. The number of anilines is 1. The van der Waals surface area contributed by atoms with Gasteiger partial charge in [0.05, 0.1) is 11.6 Å². The zero-order valence-corrected chi connectivity index (χ0v) is 11.7. The summed E-state index contributed by atoms with van der Waals surface area (Å²) in [4.78, 5) is 11.0. The molecule has 0 saturated heterocycles. The van der Waals surface area contributed by atoms with Gasteiger partial charge in [-0.1, -0.05) is 12.1 Å². The van der Waals surface area contributed by atoms with E-state index in [0.717, 1.165) is 11.6 Å². The summed E-state index contributed by atoms with van der Waals surface area (Å²) >= 11 is 0. The lowest BCUT2D eigenvalue weighted by atomic mass is 10.0. The molecule has 0 bridgehead atoms. The molecule has 4 nitrogen and oxygen atoms in total. The Labute approximate surface area is 121 Å². The second-order valence-electron chi connectivity index (χ2n) is 4.90. The summed E-state index contributed by atoms with van der Waals surface area (Å²) in [5, 5.41) is 21.9. The molecule has 110 valence electrons. The number of carbonyl (C=O) groups is 1. The number of nitrogens with one attached hydrogen (secondary N) is 1. The lowest BCUT2D eigenvalue weighted by Crippen LogP contribution is -2.09. The van der Waals surface area contributed by atoms with Gasteiger partial charge >= 0.3 is 5.97 Å². The minimum Gasteiger partial charge on any atom is -0.507 e. The van der Waals surface area contributed by atoms with Crippen molar-refractivity contribution < 1.29 is 19.4 Å². The van der Waals surface area contributed by atoms with Gasteiger partial charge in [0.1, 0.15) is 11.6 Å². The van der Waals surface area contributed by atoms with E-state index in [-0.39, 0.29) is 17.4 Å². The molecule has 2 aromatic carbocycles. The Morgan fingerprint density at radius 1 is 1.24 bits per heavy atom. The van der Waals surface area contributed by atoms with Gasteiger partial charge in [-0.25, -0.2) is 9.18 Å². The zero-order valence-electron chi connectivity index (χ0n) is 11.7. The lowest BCUT2D eigenvalue weighted by Gasteiger charge is -2.19. The molecule has 1 atom stereocenters. The van der Waals surface area contributed by atoms with E-state index in [1.54, 1.807) is 13.0 Å². The molecule has 0 aromatic heterocycles. The number of benzene rings is 2. The van der Waals surface area contributed by atoms with Crippen molar-refractivity contribution in [3.63, 3.8) is 0 Å². The predicted octanol–water partition coefficient (Wildman–Crippen LogP) is 3.71. The van der Waals surface area contributed by atoms with Crippen molar-refractivity contribution in [2.24, 2.45) is 0 Å². The molecule has 0 aliphatic carbocycles. The van der Waals surface area contributed by atoms with Crippen molar-refractivity contribution in [2.75, 3.05) is 5.32 Å². The number of halogens is 1. The second kappa shape index (κ2) is 5.83. The van der Waals surface area contributed by atoms with Crippen molar-refractivity contribution in [1.29, 1.82) is 0 Å². The summed E-state index contributed by atoms with van der Waals surface area (Å²) in [6, 6.07) is 8.30. The van der Waals surface area contributed by atoms with Gasteiger partial charge in [-0.05, 0) is 37.6 Å². The largest absolute Gasteiger partial charge is 0.507 e. The number of aryl methyl sites for hydroxylation is 1. The summed E-state index contributed by atoms with van der Waals surface area (Å²) in [6.07, 6.45) is 0. The van der Waals surface area contributed by atoms with Crippen molar-refractivity contribution in [3.05, 3.63) is 58.9 Å². The van der Waals surface area contributed by atoms with E-state index in [0.29, 0.717) is 11.3 Å². The molecule has 0 spiro atoms. The van der Waals surface area contributed by atoms with Crippen LogP contribution < -0.4 is 5.32 Å². The van der Waals surface area contributed by atoms with Gasteiger partial charge in [-0.15, -0.1) is 0 Å². The Morgan fingerprint density at radius 3 is 2.57 bits per heavy atom. The summed E-state index contributed by atoms with van der Waals surface area (Å²) in [5.41, 5.74) is 2.26. The van der Waals surface area contributed by atoms with Crippen LogP contribution in [0.3, 0.4) is 0 Å². The van der Waals surface area contributed by atoms with Crippen molar-refractivity contribution >= 4 is 11.7 Å². The first-order valence-corrected chi connectivity index (χ1v) is 6.47. The molecule has 0 aliphatic heterocycles. The SMILES string of the molecule is Cc1ccc(C(=O)O)cc1NC(C)c1ccc(F)cc1O. The molecule has 0 amide bonds. The molecular formula is C16H16FNO3. The number of rotatable bonds is 4. The van der Waals surface area contributed by atoms with Gasteiger partial charge in [0, 0.05) is 17.3 Å². The molecule has 0 radical (unpaired) electrons. The summed E-state index contributed by atoms with van der Waals surface area (Å²) in [5.74, 6) is -1.65. The molecule has 1 unspecified atom stereocenters. The molecule has 21 heavy (non-hydrogen) atoms. The Morgan fingerprint density at radius 2 is 1.95 bits per heavy atom. The van der Waals surface area contributed by atoms with Crippen molar-refractivity contribution in [2.45, 2.75) is 19.9 Å². The summed E-state index contributed by atoms with van der Waals surface area (Å²) in [7, 11) is 0. The van der Waals surface area contributed by atoms with Gasteiger partial charge in [0.2, 0.25) is 0 Å². The molecular weight excluding hydrogens is 273 g/mol. The maximum Gasteiger partial charge on any atom is 0.335 e. The Bertz CT molecular complexity index is 685. The minimum absolute atomic E-state index is 0.137. The van der Waals surface area contributed by atoms with Crippen LogP contribution in [0.15, 0.2) is 36.4 Å². The van der Waals surface area contributed by atoms with Gasteiger partial charge in [0.15, 0.2) is 0 Å². The highest BCUT2D eigenvalue weighted by atomic mass is 19.1. The number of hydrogen-bond acceptors (Lipinski definition) is 3. The lowest BCUT2D eigenvalue weighted by molar-refractivity contribution is 0.0697. The zero-order chi connectivity index (χ0) is 15.6. The average Bonchev–Trinajstić information content (AvgIpc) is 2.40. The average molecular weight is 289 g/mol. The van der Waals surface area contributed by atoms with E-state index in [2.05, 4.69) is 5.32 Å². The number of phenols is 1. The Balaban J connectivity index is 2.28. The van der Waals surface area contributed by atoms with Gasteiger partial charge in [-0.2, -0.15) is 0 Å². The van der Waals surface area contributed by atoms with Crippen LogP contribution in [0.4, 0.5) is 10.1 Å². The number of carboxylic acid groups (broad SMARTS) is 1. The van der Waals surface area contributed by atoms with Crippen LogP contribution in [-0.2, 0) is 0 Å². The minimum atomic E-state index is -1.00. The predicted molar refractivity (Wildman–Crippen MR) is 78.2 cm³/mol. The normalized spacial score (nSPS) is 12.0. The maximum absolute atomic E-state index is 13.0. The summed E-state index contributed by atoms with van der Waals surface area (Å²) < 4.78 is 13.0. The Kier molecular flexibility index (Phi) is 4.12. The highest BCUT2D eigenvalue weighted by Crippen LogP contribution is 2.29. The van der Waals surface area contributed by atoms with E-state index in [1.165, 1.54) is 24.3 Å². The van der Waals surface area contributed by atoms with E-state index >= 15 is 0 Å². The third kappa shape index (κ3) is 3.31. The van der Waals surface area contributed by atoms with Crippen LogP contribution in [-0.4, -0.2) is 16.2 Å². The standard InChI is InChI=1S/C16H16FNO3/c1-9-3-4-11(16(20)21)7-14(9)18-10(2)13-6-5-12(17)8-15(13)19/h3-8,10,18-19H,1-2H3,(H,20,21). The van der Waals surface area contributed by atoms with Crippen LogP contribution in [0.2, 0.25) is 0 Å². The molecule has 0 aliphatic rings. The maximum atomic E-state index is 13.0. The molecule has 0 saturated carbocycles. The van der Waals surface area contributed by atoms with E-state index in [9.17, 15) is 14.3 Å².